The van der Waals surface area contributed by atoms with Crippen LogP contribution in [0.4, 0.5) is 0 Å². The molecule has 0 amide bonds. The zero-order valence-electron chi connectivity index (χ0n) is 13.2. The van der Waals surface area contributed by atoms with Crippen LogP contribution < -0.4 is 10.4 Å². The van der Waals surface area contributed by atoms with Crippen molar-refractivity contribution < 1.29 is 4.74 Å². The lowest BCUT2D eigenvalue weighted by Gasteiger charge is -2.04. The van der Waals surface area contributed by atoms with Crippen molar-refractivity contribution in [3.8, 4) is 22.7 Å². The predicted molar refractivity (Wildman–Crippen MR) is 90.4 cm³/mol. The molecule has 0 aliphatic carbocycles. The molecule has 0 spiro atoms. The van der Waals surface area contributed by atoms with Crippen LogP contribution in [0.1, 0.15) is 0 Å². The molecule has 24 heavy (non-hydrogen) atoms. The average Bonchev–Trinajstić information content (AvgIpc) is 3.18. The molecule has 4 aromatic rings. The van der Waals surface area contributed by atoms with Crippen LogP contribution in [0.2, 0.25) is 0 Å². The zero-order valence-corrected chi connectivity index (χ0v) is 13.2. The number of H-pyrrole nitrogens is 1. The van der Waals surface area contributed by atoms with Crippen molar-refractivity contribution in [3.05, 3.63) is 59.5 Å². The second-order valence-corrected chi connectivity index (χ2v) is 5.45. The van der Waals surface area contributed by atoms with Crippen LogP contribution in [0.15, 0.2) is 53.8 Å². The van der Waals surface area contributed by atoms with E-state index in [0.29, 0.717) is 11.6 Å². The second-order valence-electron chi connectivity index (χ2n) is 5.45. The standard InChI is InChI=1S/C17H15N5O2/c1-21-9-14(13-7-16(24-2)18-8-15(13)21)11-4-3-5-12(6-11)22-17(23)19-10-20-22/h3-10H,1-2H3,(H,19,20,23). The molecule has 4 rings (SSSR count). The van der Waals surface area contributed by atoms with Crippen LogP contribution in [-0.4, -0.2) is 31.4 Å². The normalized spacial score (nSPS) is 11.1. The minimum atomic E-state index is -0.268. The molecular weight excluding hydrogens is 306 g/mol. The summed E-state index contributed by atoms with van der Waals surface area (Å²) >= 11 is 0. The van der Waals surface area contributed by atoms with Crippen LogP contribution in [0.25, 0.3) is 27.7 Å². The van der Waals surface area contributed by atoms with Gasteiger partial charge < -0.3 is 9.30 Å². The summed E-state index contributed by atoms with van der Waals surface area (Å²) in [6, 6.07) is 9.60. The van der Waals surface area contributed by atoms with Crippen LogP contribution in [0.5, 0.6) is 5.88 Å². The fraction of sp³-hybridized carbons (Fsp3) is 0.118. The summed E-state index contributed by atoms with van der Waals surface area (Å²) in [5.74, 6) is 0.564. The fourth-order valence-electron chi connectivity index (χ4n) is 2.84. The largest absolute Gasteiger partial charge is 0.481 e. The van der Waals surface area contributed by atoms with E-state index in [2.05, 4.69) is 15.1 Å². The molecule has 0 aliphatic rings. The Kier molecular flexibility index (Phi) is 3.19. The molecule has 0 saturated heterocycles. The third-order valence-corrected chi connectivity index (χ3v) is 4.02. The first-order chi connectivity index (χ1) is 11.7. The number of ether oxygens (including phenoxy) is 1. The molecule has 120 valence electrons. The molecule has 0 bridgehead atoms. The number of nitrogens with one attached hydrogen (secondary N) is 1. The van der Waals surface area contributed by atoms with Crippen molar-refractivity contribution in [2.24, 2.45) is 7.05 Å². The summed E-state index contributed by atoms with van der Waals surface area (Å²) in [5.41, 5.74) is 3.47. The van der Waals surface area contributed by atoms with Crippen molar-refractivity contribution >= 4 is 10.9 Å². The Hall–Kier alpha value is -3.35. The van der Waals surface area contributed by atoms with E-state index in [9.17, 15) is 4.79 Å². The van der Waals surface area contributed by atoms with Crippen LogP contribution in [0.3, 0.4) is 0 Å². The highest BCUT2D eigenvalue weighted by molar-refractivity contribution is 5.96. The van der Waals surface area contributed by atoms with E-state index in [1.165, 1.54) is 11.0 Å². The summed E-state index contributed by atoms with van der Waals surface area (Å²) in [5, 5.41) is 5.07. The van der Waals surface area contributed by atoms with E-state index in [0.717, 1.165) is 22.0 Å². The van der Waals surface area contributed by atoms with Crippen molar-refractivity contribution in [2.45, 2.75) is 0 Å². The molecule has 0 unspecified atom stereocenters. The van der Waals surface area contributed by atoms with E-state index >= 15 is 0 Å². The first kappa shape index (κ1) is 14.3. The Bertz CT molecular complexity index is 1090. The van der Waals surface area contributed by atoms with Crippen LogP contribution >= 0.6 is 0 Å². The van der Waals surface area contributed by atoms with Crippen LogP contribution in [0, 0.1) is 0 Å². The maximum absolute atomic E-state index is 11.8. The Morgan fingerprint density at radius 1 is 1.25 bits per heavy atom. The molecule has 0 saturated carbocycles. The molecule has 0 radical (unpaired) electrons. The van der Waals surface area contributed by atoms with Crippen LogP contribution in [-0.2, 0) is 7.05 Å². The number of nitrogens with zero attached hydrogens (tertiary/aromatic N) is 4. The van der Waals surface area contributed by atoms with Crippen molar-refractivity contribution in [1.82, 2.24) is 24.3 Å². The number of methoxy groups -OCH3 is 1. The molecule has 3 aromatic heterocycles. The number of rotatable bonds is 3. The minimum Gasteiger partial charge on any atom is -0.481 e. The number of fused-ring (bicyclic) bond motifs is 1. The zero-order chi connectivity index (χ0) is 16.7. The Labute approximate surface area is 137 Å². The number of benzene rings is 1. The average molecular weight is 321 g/mol. The fourth-order valence-corrected chi connectivity index (χ4v) is 2.84. The quantitative estimate of drug-likeness (QED) is 0.627. The highest BCUT2D eigenvalue weighted by atomic mass is 16.5. The number of hydrogen-bond acceptors (Lipinski definition) is 4. The molecule has 1 N–H and O–H groups in total. The lowest BCUT2D eigenvalue weighted by Crippen LogP contribution is -2.15. The summed E-state index contributed by atoms with van der Waals surface area (Å²) in [7, 11) is 3.57. The smallest absolute Gasteiger partial charge is 0.347 e. The highest BCUT2D eigenvalue weighted by Crippen LogP contribution is 2.32. The van der Waals surface area contributed by atoms with E-state index < -0.39 is 0 Å². The molecule has 0 fully saturated rings. The summed E-state index contributed by atoms with van der Waals surface area (Å²) < 4.78 is 8.59. The predicted octanol–water partition coefficient (Wildman–Crippen LogP) is 2.12. The van der Waals surface area contributed by atoms with Gasteiger partial charge in [0.1, 0.15) is 6.33 Å². The molecule has 1 aromatic carbocycles. The van der Waals surface area contributed by atoms with E-state index in [1.54, 1.807) is 13.3 Å². The van der Waals surface area contributed by atoms with Gasteiger partial charge in [-0.05, 0) is 17.7 Å². The van der Waals surface area contributed by atoms with Gasteiger partial charge >= 0.3 is 5.69 Å². The van der Waals surface area contributed by atoms with Crippen molar-refractivity contribution in [1.29, 1.82) is 0 Å². The molecule has 3 heterocycles. The summed E-state index contributed by atoms with van der Waals surface area (Å²) in [6.07, 6.45) is 5.21. The second kappa shape index (κ2) is 5.38. The van der Waals surface area contributed by atoms with E-state index in [-0.39, 0.29) is 5.69 Å². The maximum Gasteiger partial charge on any atom is 0.347 e. The SMILES string of the molecule is COc1cc2c(-c3cccc(-n4nc[nH]c4=O)c3)cn(C)c2cn1. The molecule has 0 aliphatic heterocycles. The van der Waals surface area contributed by atoms with Gasteiger partial charge in [0.05, 0.1) is 24.5 Å². The molecule has 7 nitrogen and oxygen atoms in total. The summed E-state index contributed by atoms with van der Waals surface area (Å²) in [6.45, 7) is 0. The lowest BCUT2D eigenvalue weighted by atomic mass is 10.0. The Morgan fingerprint density at radius 3 is 2.88 bits per heavy atom. The Morgan fingerprint density at radius 2 is 2.12 bits per heavy atom. The minimum absolute atomic E-state index is 0.268. The van der Waals surface area contributed by atoms with Gasteiger partial charge in [0.25, 0.3) is 0 Å². The van der Waals surface area contributed by atoms with Gasteiger partial charge in [0.15, 0.2) is 0 Å². The van der Waals surface area contributed by atoms with Crippen molar-refractivity contribution in [3.63, 3.8) is 0 Å². The van der Waals surface area contributed by atoms with E-state index in [4.69, 9.17) is 4.74 Å². The van der Waals surface area contributed by atoms with Crippen molar-refractivity contribution in [2.75, 3.05) is 7.11 Å². The van der Waals surface area contributed by atoms with Gasteiger partial charge in [-0.1, -0.05) is 12.1 Å². The topological polar surface area (TPSA) is 77.7 Å². The number of aromatic amines is 1. The Balaban J connectivity index is 1.92. The summed E-state index contributed by atoms with van der Waals surface area (Å²) in [4.78, 5) is 18.6. The van der Waals surface area contributed by atoms with Gasteiger partial charge in [-0.3, -0.25) is 4.98 Å². The van der Waals surface area contributed by atoms with Gasteiger partial charge in [-0.25, -0.2) is 9.78 Å². The highest BCUT2D eigenvalue weighted by Gasteiger charge is 2.12. The number of aromatic nitrogens is 5. The maximum atomic E-state index is 11.8. The molecule has 7 heteroatoms. The first-order valence-electron chi connectivity index (χ1n) is 7.40. The lowest BCUT2D eigenvalue weighted by molar-refractivity contribution is 0.398. The third kappa shape index (κ3) is 2.18. The van der Waals surface area contributed by atoms with Gasteiger partial charge in [0, 0.05) is 30.3 Å². The van der Waals surface area contributed by atoms with Gasteiger partial charge in [-0.2, -0.15) is 9.78 Å². The van der Waals surface area contributed by atoms with Gasteiger partial charge in [-0.15, -0.1) is 0 Å². The van der Waals surface area contributed by atoms with Gasteiger partial charge in [0.2, 0.25) is 5.88 Å². The third-order valence-electron chi connectivity index (χ3n) is 4.02. The monoisotopic (exact) mass is 321 g/mol. The number of pyridine rings is 1. The molecule has 0 atom stereocenters. The molecular formula is C17H15N5O2. The number of hydrogen-bond donors (Lipinski definition) is 1. The first-order valence-corrected chi connectivity index (χ1v) is 7.40. The number of aryl methyl sites for hydroxylation is 1. The van der Waals surface area contributed by atoms with E-state index in [1.807, 2.05) is 48.1 Å².